The Morgan fingerprint density at radius 1 is 1.40 bits per heavy atom. The van der Waals surface area contributed by atoms with Gasteiger partial charge < -0.3 is 0 Å². The standard InChI is InChI=1S/C9H13N/c1-8(2)7-9-5-3-4-6-10-9/h3-6,8H,7H2,1-2H3/p+1. The quantitative estimate of drug-likeness (QED) is 0.587. The number of rotatable bonds is 2. The van der Waals surface area contributed by atoms with E-state index in [0.29, 0.717) is 0 Å². The minimum atomic E-state index is 0.735. The second kappa shape index (κ2) is 3.35. The topological polar surface area (TPSA) is 14.1 Å². The van der Waals surface area contributed by atoms with Crippen molar-refractivity contribution in [1.82, 2.24) is 0 Å². The molecule has 0 radical (unpaired) electrons. The number of hydrogen-bond acceptors (Lipinski definition) is 0. The molecule has 1 rings (SSSR count). The molecule has 0 spiro atoms. The van der Waals surface area contributed by atoms with Crippen molar-refractivity contribution in [3.8, 4) is 0 Å². The first-order chi connectivity index (χ1) is 4.79. The predicted octanol–water partition coefficient (Wildman–Crippen LogP) is 1.70. The molecule has 0 aromatic carbocycles. The Kier molecular flexibility index (Phi) is 2.43. The Balaban J connectivity index is 2.59. The molecule has 1 nitrogen and oxygen atoms in total. The Bertz CT molecular complexity index is 179. The lowest BCUT2D eigenvalue weighted by Crippen LogP contribution is -2.11. The van der Waals surface area contributed by atoms with E-state index in [9.17, 15) is 0 Å². The first-order valence-electron chi connectivity index (χ1n) is 3.74. The van der Waals surface area contributed by atoms with E-state index >= 15 is 0 Å². The lowest BCUT2D eigenvalue weighted by molar-refractivity contribution is -0.390. The Labute approximate surface area is 62.1 Å². The van der Waals surface area contributed by atoms with Crippen molar-refractivity contribution < 1.29 is 4.98 Å². The Morgan fingerprint density at radius 3 is 2.70 bits per heavy atom. The van der Waals surface area contributed by atoms with Crippen LogP contribution in [0, 0.1) is 5.92 Å². The van der Waals surface area contributed by atoms with Gasteiger partial charge in [0.2, 0.25) is 0 Å². The maximum absolute atomic E-state index is 3.20. The smallest absolute Gasteiger partial charge is 0.179 e. The maximum Gasteiger partial charge on any atom is 0.179 e. The number of pyridine rings is 1. The summed E-state index contributed by atoms with van der Waals surface area (Å²) in [5, 5.41) is 0. The van der Waals surface area contributed by atoms with Crippen LogP contribution < -0.4 is 4.98 Å². The minimum Gasteiger partial charge on any atom is -0.215 e. The molecule has 54 valence electrons. The van der Waals surface area contributed by atoms with Gasteiger partial charge in [-0.2, -0.15) is 0 Å². The lowest BCUT2D eigenvalue weighted by atomic mass is 10.1. The predicted molar refractivity (Wildman–Crippen MR) is 41.5 cm³/mol. The van der Waals surface area contributed by atoms with Gasteiger partial charge in [-0.1, -0.05) is 19.9 Å². The largest absolute Gasteiger partial charge is 0.215 e. The van der Waals surface area contributed by atoms with Crippen LogP contribution >= 0.6 is 0 Å². The first kappa shape index (κ1) is 7.26. The zero-order valence-corrected chi connectivity index (χ0v) is 6.59. The van der Waals surface area contributed by atoms with Crippen LogP contribution in [-0.2, 0) is 6.42 Å². The molecular formula is C9H14N+. The van der Waals surface area contributed by atoms with E-state index in [1.54, 1.807) is 0 Å². The molecule has 10 heavy (non-hydrogen) atoms. The maximum atomic E-state index is 3.20. The second-order valence-electron chi connectivity index (χ2n) is 2.99. The van der Waals surface area contributed by atoms with Crippen LogP contribution in [0.5, 0.6) is 0 Å². The lowest BCUT2D eigenvalue weighted by Gasteiger charge is -1.96. The molecule has 1 N–H and O–H groups in total. The van der Waals surface area contributed by atoms with Crippen molar-refractivity contribution in [2.24, 2.45) is 5.92 Å². The van der Waals surface area contributed by atoms with Crippen LogP contribution in [0.4, 0.5) is 0 Å². The highest BCUT2D eigenvalue weighted by Crippen LogP contribution is 2.00. The zero-order chi connectivity index (χ0) is 7.40. The molecule has 1 heterocycles. The average molecular weight is 136 g/mol. The molecule has 0 fully saturated rings. The molecular weight excluding hydrogens is 122 g/mol. The monoisotopic (exact) mass is 136 g/mol. The molecule has 0 bridgehead atoms. The number of nitrogens with one attached hydrogen (secondary N) is 1. The van der Waals surface area contributed by atoms with Crippen molar-refractivity contribution in [2.45, 2.75) is 20.3 Å². The van der Waals surface area contributed by atoms with Crippen molar-refractivity contribution in [3.05, 3.63) is 30.1 Å². The molecule has 0 aliphatic carbocycles. The molecule has 0 aliphatic heterocycles. The molecule has 1 aromatic rings. The third-order valence-corrected chi connectivity index (χ3v) is 1.40. The highest BCUT2D eigenvalue weighted by molar-refractivity contribution is 4.96. The van der Waals surface area contributed by atoms with Gasteiger partial charge in [-0.3, -0.25) is 0 Å². The fraction of sp³-hybridized carbons (Fsp3) is 0.444. The molecule has 1 heteroatoms. The molecule has 0 saturated carbocycles. The van der Waals surface area contributed by atoms with Crippen molar-refractivity contribution in [3.63, 3.8) is 0 Å². The van der Waals surface area contributed by atoms with Crippen LogP contribution in [-0.4, -0.2) is 0 Å². The SMILES string of the molecule is CC(C)Cc1cccc[nH+]1. The Morgan fingerprint density at radius 2 is 2.20 bits per heavy atom. The fourth-order valence-corrected chi connectivity index (χ4v) is 0.997. The van der Waals surface area contributed by atoms with Gasteiger partial charge in [0.25, 0.3) is 0 Å². The number of aromatic nitrogens is 1. The summed E-state index contributed by atoms with van der Waals surface area (Å²) in [4.78, 5) is 3.20. The summed E-state index contributed by atoms with van der Waals surface area (Å²) in [6, 6.07) is 6.19. The van der Waals surface area contributed by atoms with E-state index < -0.39 is 0 Å². The summed E-state index contributed by atoms with van der Waals surface area (Å²) in [6.45, 7) is 4.45. The summed E-state index contributed by atoms with van der Waals surface area (Å²) >= 11 is 0. The van der Waals surface area contributed by atoms with E-state index in [-0.39, 0.29) is 0 Å². The third kappa shape index (κ3) is 2.18. The molecule has 0 atom stereocenters. The van der Waals surface area contributed by atoms with Crippen molar-refractivity contribution in [1.29, 1.82) is 0 Å². The van der Waals surface area contributed by atoms with Crippen LogP contribution in [0.25, 0.3) is 0 Å². The normalized spacial score (nSPS) is 10.3. The number of aromatic amines is 1. The molecule has 0 unspecified atom stereocenters. The van der Waals surface area contributed by atoms with Crippen LogP contribution in [0.2, 0.25) is 0 Å². The van der Waals surface area contributed by atoms with Crippen molar-refractivity contribution in [2.75, 3.05) is 0 Å². The van der Waals surface area contributed by atoms with Gasteiger partial charge in [0.1, 0.15) is 0 Å². The number of H-pyrrole nitrogens is 1. The van der Waals surface area contributed by atoms with E-state index in [1.807, 2.05) is 12.3 Å². The highest BCUT2D eigenvalue weighted by Gasteiger charge is 2.00. The molecule has 0 aliphatic rings. The summed E-state index contributed by atoms with van der Waals surface area (Å²) in [6.07, 6.45) is 3.11. The van der Waals surface area contributed by atoms with Crippen LogP contribution in [0.1, 0.15) is 19.5 Å². The summed E-state index contributed by atoms with van der Waals surface area (Å²) < 4.78 is 0. The van der Waals surface area contributed by atoms with Crippen LogP contribution in [0.15, 0.2) is 24.4 Å². The van der Waals surface area contributed by atoms with Gasteiger partial charge in [0.05, 0.1) is 0 Å². The third-order valence-electron chi connectivity index (χ3n) is 1.40. The van der Waals surface area contributed by atoms with E-state index in [2.05, 4.69) is 31.0 Å². The van der Waals surface area contributed by atoms with E-state index in [0.717, 1.165) is 12.3 Å². The fourth-order valence-electron chi connectivity index (χ4n) is 0.997. The first-order valence-corrected chi connectivity index (χ1v) is 3.74. The zero-order valence-electron chi connectivity index (χ0n) is 6.59. The minimum absolute atomic E-state index is 0.735. The van der Waals surface area contributed by atoms with Crippen LogP contribution in [0.3, 0.4) is 0 Å². The molecule has 0 amide bonds. The molecule has 0 saturated heterocycles. The summed E-state index contributed by atoms with van der Waals surface area (Å²) in [5.41, 5.74) is 1.32. The van der Waals surface area contributed by atoms with E-state index in [4.69, 9.17) is 0 Å². The van der Waals surface area contributed by atoms with Gasteiger partial charge in [0.15, 0.2) is 11.9 Å². The highest BCUT2D eigenvalue weighted by atomic mass is 14.7. The van der Waals surface area contributed by atoms with Gasteiger partial charge in [-0.05, 0) is 5.92 Å². The van der Waals surface area contributed by atoms with Gasteiger partial charge in [-0.15, -0.1) is 0 Å². The number of hydrogen-bond donors (Lipinski definition) is 0. The van der Waals surface area contributed by atoms with Crippen molar-refractivity contribution >= 4 is 0 Å². The van der Waals surface area contributed by atoms with E-state index in [1.165, 1.54) is 5.69 Å². The van der Waals surface area contributed by atoms with Gasteiger partial charge >= 0.3 is 0 Å². The second-order valence-corrected chi connectivity index (χ2v) is 2.99. The average Bonchev–Trinajstić information content (AvgIpc) is 1.88. The summed E-state index contributed by atoms with van der Waals surface area (Å²) in [5.74, 6) is 0.735. The summed E-state index contributed by atoms with van der Waals surface area (Å²) in [7, 11) is 0. The van der Waals surface area contributed by atoms with Gasteiger partial charge in [0, 0.05) is 18.6 Å². The van der Waals surface area contributed by atoms with Gasteiger partial charge in [-0.25, -0.2) is 4.98 Å². The Hall–Kier alpha value is -0.850. The molecule has 1 aromatic heterocycles.